The number of nitrogens with zero attached hydrogens (tertiary/aromatic N) is 2. The Labute approximate surface area is 120 Å². The van der Waals surface area contributed by atoms with Crippen LogP contribution in [0.15, 0.2) is 6.07 Å². The second kappa shape index (κ2) is 6.54. The molecule has 0 aromatic carbocycles. The maximum absolute atomic E-state index is 11.7. The number of rotatable bonds is 5. The zero-order valence-electron chi connectivity index (χ0n) is 12.9. The maximum Gasteiger partial charge on any atom is 0.222 e. The molecule has 1 amide bonds. The van der Waals surface area contributed by atoms with Crippen molar-refractivity contribution < 1.29 is 4.79 Å². The first kappa shape index (κ1) is 16.2. The van der Waals surface area contributed by atoms with Gasteiger partial charge in [0, 0.05) is 30.5 Å². The molecule has 0 saturated heterocycles. The van der Waals surface area contributed by atoms with Crippen LogP contribution in [0.5, 0.6) is 0 Å². The van der Waals surface area contributed by atoms with Gasteiger partial charge in [-0.05, 0) is 20.8 Å². The third-order valence-corrected chi connectivity index (χ3v) is 2.45. The summed E-state index contributed by atoms with van der Waals surface area (Å²) in [5.41, 5.74) is 5.53. The van der Waals surface area contributed by atoms with Gasteiger partial charge in [-0.25, -0.2) is 9.97 Å². The molecule has 1 rings (SSSR count). The molecule has 1 heterocycles. The van der Waals surface area contributed by atoms with Gasteiger partial charge in [-0.15, -0.1) is 0 Å². The van der Waals surface area contributed by atoms with Gasteiger partial charge in [0.05, 0.1) is 0 Å². The monoisotopic (exact) mass is 279 g/mol. The summed E-state index contributed by atoms with van der Waals surface area (Å²) >= 11 is 0. The molecule has 0 unspecified atom stereocenters. The molecule has 0 aliphatic rings. The molecule has 0 atom stereocenters. The summed E-state index contributed by atoms with van der Waals surface area (Å²) in [6.07, 6.45) is 0.387. The van der Waals surface area contributed by atoms with Crippen molar-refractivity contribution >= 4 is 17.5 Å². The van der Waals surface area contributed by atoms with E-state index in [1.165, 1.54) is 0 Å². The lowest BCUT2D eigenvalue weighted by Gasteiger charge is -2.20. The number of anilines is 2. The molecule has 1 aromatic rings. The molecule has 6 nitrogen and oxygen atoms in total. The predicted octanol–water partition coefficient (Wildman–Crippen LogP) is 1.90. The van der Waals surface area contributed by atoms with Crippen LogP contribution < -0.4 is 16.4 Å². The highest BCUT2D eigenvalue weighted by molar-refractivity contribution is 5.77. The van der Waals surface area contributed by atoms with Crippen molar-refractivity contribution in [1.82, 2.24) is 15.3 Å². The lowest BCUT2D eigenvalue weighted by Crippen LogP contribution is -2.41. The summed E-state index contributed by atoms with van der Waals surface area (Å²) in [5, 5.41) is 6.02. The number of hydrogen-bond donors (Lipinski definition) is 3. The number of hydrogen-bond acceptors (Lipinski definition) is 5. The van der Waals surface area contributed by atoms with E-state index in [0.29, 0.717) is 30.4 Å². The molecule has 20 heavy (non-hydrogen) atoms. The van der Waals surface area contributed by atoms with Crippen molar-refractivity contribution in [3.63, 3.8) is 0 Å². The number of nitrogen functional groups attached to an aromatic ring is 1. The summed E-state index contributed by atoms with van der Waals surface area (Å²) in [5.74, 6) is 2.01. The van der Waals surface area contributed by atoms with Crippen molar-refractivity contribution in [2.45, 2.75) is 52.5 Å². The smallest absolute Gasteiger partial charge is 0.222 e. The molecule has 0 bridgehead atoms. The molecule has 1 aromatic heterocycles. The van der Waals surface area contributed by atoms with Crippen LogP contribution in [0.1, 0.15) is 52.8 Å². The van der Waals surface area contributed by atoms with E-state index in [1.807, 2.05) is 34.6 Å². The molecule has 6 heteroatoms. The third-order valence-electron chi connectivity index (χ3n) is 2.45. The Bertz CT molecular complexity index is 465. The van der Waals surface area contributed by atoms with Gasteiger partial charge in [0.1, 0.15) is 17.5 Å². The van der Waals surface area contributed by atoms with Crippen LogP contribution in [0, 0.1) is 0 Å². The summed E-state index contributed by atoms with van der Waals surface area (Å²) in [6, 6.07) is 1.67. The minimum Gasteiger partial charge on any atom is -0.384 e. The second-order valence-corrected chi connectivity index (χ2v) is 6.17. The molecule has 112 valence electrons. The van der Waals surface area contributed by atoms with Crippen LogP contribution in [-0.4, -0.2) is 28.0 Å². The average Bonchev–Trinajstić information content (AvgIpc) is 2.25. The van der Waals surface area contributed by atoms with E-state index in [9.17, 15) is 4.79 Å². The van der Waals surface area contributed by atoms with E-state index in [2.05, 4.69) is 20.6 Å². The molecular formula is C14H25N5O. The largest absolute Gasteiger partial charge is 0.384 e. The van der Waals surface area contributed by atoms with Crippen LogP contribution in [0.3, 0.4) is 0 Å². The number of aromatic nitrogens is 2. The number of carbonyl (C=O) groups excluding carboxylic acids is 1. The minimum absolute atomic E-state index is 0.0103. The lowest BCUT2D eigenvalue weighted by molar-refractivity contribution is -0.122. The quantitative estimate of drug-likeness (QED) is 0.765. The van der Waals surface area contributed by atoms with Gasteiger partial charge in [0.15, 0.2) is 0 Å². The Morgan fingerprint density at radius 1 is 1.35 bits per heavy atom. The van der Waals surface area contributed by atoms with E-state index in [1.54, 1.807) is 6.07 Å². The molecular weight excluding hydrogens is 254 g/mol. The van der Waals surface area contributed by atoms with Crippen molar-refractivity contribution in [1.29, 1.82) is 0 Å². The minimum atomic E-state index is -0.207. The van der Waals surface area contributed by atoms with Crippen LogP contribution in [0.25, 0.3) is 0 Å². The van der Waals surface area contributed by atoms with Gasteiger partial charge < -0.3 is 16.4 Å². The standard InChI is InChI=1S/C14H25N5O/c1-9(2)13-17-10(15)8-11(18-13)16-7-6-12(20)19-14(3,4)5/h8-9H,6-7H2,1-5H3,(H,19,20)(H3,15,16,17,18). The first-order valence-corrected chi connectivity index (χ1v) is 6.87. The van der Waals surface area contributed by atoms with Crippen molar-refractivity contribution in [3.8, 4) is 0 Å². The maximum atomic E-state index is 11.7. The Balaban J connectivity index is 2.52. The van der Waals surface area contributed by atoms with Gasteiger partial charge in [0.25, 0.3) is 0 Å². The summed E-state index contributed by atoms with van der Waals surface area (Å²) in [7, 11) is 0. The number of carbonyl (C=O) groups is 1. The first-order valence-electron chi connectivity index (χ1n) is 6.87. The number of amides is 1. The molecule has 0 spiro atoms. The van der Waals surface area contributed by atoms with Crippen molar-refractivity contribution in [2.24, 2.45) is 0 Å². The van der Waals surface area contributed by atoms with Crippen LogP contribution in [-0.2, 0) is 4.79 Å². The topological polar surface area (TPSA) is 92.9 Å². The molecule has 0 aliphatic carbocycles. The van der Waals surface area contributed by atoms with Crippen LogP contribution in [0.2, 0.25) is 0 Å². The zero-order chi connectivity index (χ0) is 15.3. The highest BCUT2D eigenvalue weighted by atomic mass is 16.1. The molecule has 0 fully saturated rings. The molecule has 0 aliphatic heterocycles. The Morgan fingerprint density at radius 2 is 2.00 bits per heavy atom. The van der Waals surface area contributed by atoms with Gasteiger partial charge in [0.2, 0.25) is 5.91 Å². The zero-order valence-corrected chi connectivity index (χ0v) is 12.9. The van der Waals surface area contributed by atoms with E-state index < -0.39 is 0 Å². The van der Waals surface area contributed by atoms with Crippen LogP contribution in [0.4, 0.5) is 11.6 Å². The van der Waals surface area contributed by atoms with Gasteiger partial charge in [-0.1, -0.05) is 13.8 Å². The van der Waals surface area contributed by atoms with Crippen molar-refractivity contribution in [3.05, 3.63) is 11.9 Å². The van der Waals surface area contributed by atoms with Crippen LogP contribution >= 0.6 is 0 Å². The Hall–Kier alpha value is -1.85. The highest BCUT2D eigenvalue weighted by Crippen LogP contribution is 2.14. The molecule has 0 radical (unpaired) electrons. The normalized spacial score (nSPS) is 11.5. The average molecular weight is 279 g/mol. The van der Waals surface area contributed by atoms with Crippen molar-refractivity contribution in [2.75, 3.05) is 17.6 Å². The fourth-order valence-corrected chi connectivity index (χ4v) is 1.62. The molecule has 4 N–H and O–H groups in total. The summed E-state index contributed by atoms with van der Waals surface area (Å²) in [4.78, 5) is 20.2. The fourth-order valence-electron chi connectivity index (χ4n) is 1.62. The van der Waals surface area contributed by atoms with Gasteiger partial charge in [-0.2, -0.15) is 0 Å². The summed E-state index contributed by atoms with van der Waals surface area (Å²) < 4.78 is 0. The Kier molecular flexibility index (Phi) is 5.30. The predicted molar refractivity (Wildman–Crippen MR) is 81.5 cm³/mol. The second-order valence-electron chi connectivity index (χ2n) is 6.17. The highest BCUT2D eigenvalue weighted by Gasteiger charge is 2.13. The molecule has 0 saturated carbocycles. The number of nitrogens with two attached hydrogens (primary N) is 1. The third kappa shape index (κ3) is 5.86. The fraction of sp³-hybridized carbons (Fsp3) is 0.643. The SMILES string of the molecule is CC(C)c1nc(N)cc(NCCC(=O)NC(C)(C)C)n1. The number of nitrogens with one attached hydrogen (secondary N) is 2. The van der Waals surface area contributed by atoms with E-state index in [-0.39, 0.29) is 17.4 Å². The van der Waals surface area contributed by atoms with E-state index in [4.69, 9.17) is 5.73 Å². The van der Waals surface area contributed by atoms with E-state index in [0.717, 1.165) is 0 Å². The lowest BCUT2D eigenvalue weighted by atomic mass is 10.1. The van der Waals surface area contributed by atoms with E-state index >= 15 is 0 Å². The first-order chi connectivity index (χ1) is 9.17. The van der Waals surface area contributed by atoms with Gasteiger partial charge >= 0.3 is 0 Å². The Morgan fingerprint density at radius 3 is 2.55 bits per heavy atom. The summed E-state index contributed by atoms with van der Waals surface area (Å²) in [6.45, 7) is 10.4. The van der Waals surface area contributed by atoms with Gasteiger partial charge in [-0.3, -0.25) is 4.79 Å².